The highest BCUT2D eigenvalue weighted by atomic mass is 35.5. The minimum atomic E-state index is -0.537. The van der Waals surface area contributed by atoms with Gasteiger partial charge in [0.1, 0.15) is 6.04 Å². The maximum Gasteiger partial charge on any atom is 0.242 e. The number of amides is 2. The molecule has 0 saturated carbocycles. The average molecular weight is 275 g/mol. The normalized spacial score (nSPS) is 13.9. The molecule has 17 heavy (non-hydrogen) atoms. The smallest absolute Gasteiger partial charge is 0.242 e. The lowest BCUT2D eigenvalue weighted by atomic mass is 10.2. The fourth-order valence-corrected chi connectivity index (χ4v) is 2.40. The summed E-state index contributed by atoms with van der Waals surface area (Å²) in [7, 11) is 0. The molecule has 0 aliphatic rings. The Kier molecular flexibility index (Phi) is 4.96. The first-order chi connectivity index (χ1) is 7.90. The molecule has 1 rings (SSSR count). The molecule has 0 aliphatic heterocycles. The molecule has 1 aromatic heterocycles. The number of hydrogen-bond donors (Lipinski definition) is 2. The predicted molar refractivity (Wildman–Crippen MR) is 69.2 cm³/mol. The van der Waals surface area contributed by atoms with Crippen molar-refractivity contribution in [2.75, 3.05) is 0 Å². The van der Waals surface area contributed by atoms with Crippen molar-refractivity contribution in [3.63, 3.8) is 0 Å². The van der Waals surface area contributed by atoms with Crippen LogP contribution in [-0.4, -0.2) is 17.9 Å². The number of hydrogen-bond acceptors (Lipinski definition) is 3. The summed E-state index contributed by atoms with van der Waals surface area (Å²) in [6, 6.07) is 3.02. The summed E-state index contributed by atoms with van der Waals surface area (Å²) < 4.78 is 0.691. The molecule has 0 aliphatic carbocycles. The van der Waals surface area contributed by atoms with Crippen LogP contribution in [0.2, 0.25) is 4.34 Å². The standard InChI is InChI=1S/C11H15ClN2O2S/c1-6(9-4-5-10(12)17-9)14-11(16)7(2)13-8(3)15/h4-7H,1-3H3,(H,13,15)(H,14,16)/t6-,7+/m0/s1. The second kappa shape index (κ2) is 6.02. The number of thiophene rings is 1. The molecular formula is C11H15ClN2O2S. The van der Waals surface area contributed by atoms with Crippen LogP contribution in [0.3, 0.4) is 0 Å². The van der Waals surface area contributed by atoms with Crippen LogP contribution in [-0.2, 0) is 9.59 Å². The van der Waals surface area contributed by atoms with E-state index in [4.69, 9.17) is 11.6 Å². The molecule has 0 bridgehead atoms. The Morgan fingerprint density at radius 3 is 2.41 bits per heavy atom. The molecule has 0 spiro atoms. The lowest BCUT2D eigenvalue weighted by Gasteiger charge is -2.16. The van der Waals surface area contributed by atoms with Crippen LogP contribution in [0.25, 0.3) is 0 Å². The van der Waals surface area contributed by atoms with Crippen molar-refractivity contribution in [2.24, 2.45) is 0 Å². The number of halogens is 1. The van der Waals surface area contributed by atoms with Gasteiger partial charge in [-0.15, -0.1) is 11.3 Å². The summed E-state index contributed by atoms with van der Waals surface area (Å²) in [5.74, 6) is -0.434. The largest absolute Gasteiger partial charge is 0.347 e. The number of rotatable bonds is 4. The molecule has 6 heteroatoms. The second-order valence-corrected chi connectivity index (χ2v) is 5.54. The minimum absolute atomic E-state index is 0.115. The van der Waals surface area contributed by atoms with E-state index in [1.165, 1.54) is 18.3 Å². The molecule has 0 radical (unpaired) electrons. The molecule has 2 atom stereocenters. The highest BCUT2D eigenvalue weighted by Crippen LogP contribution is 2.26. The molecule has 0 fully saturated rings. The fourth-order valence-electron chi connectivity index (χ4n) is 1.34. The van der Waals surface area contributed by atoms with Gasteiger partial charge >= 0.3 is 0 Å². The van der Waals surface area contributed by atoms with Crippen molar-refractivity contribution >= 4 is 34.8 Å². The summed E-state index contributed by atoms with van der Waals surface area (Å²) in [5, 5.41) is 5.34. The summed E-state index contributed by atoms with van der Waals surface area (Å²) >= 11 is 7.25. The van der Waals surface area contributed by atoms with Gasteiger partial charge in [0.2, 0.25) is 11.8 Å². The molecule has 1 heterocycles. The van der Waals surface area contributed by atoms with Crippen LogP contribution >= 0.6 is 22.9 Å². The zero-order chi connectivity index (χ0) is 13.0. The highest BCUT2D eigenvalue weighted by Gasteiger charge is 2.17. The van der Waals surface area contributed by atoms with Crippen molar-refractivity contribution in [2.45, 2.75) is 32.9 Å². The maximum absolute atomic E-state index is 11.7. The predicted octanol–water partition coefficient (Wildman–Crippen LogP) is 2.10. The van der Waals surface area contributed by atoms with Crippen LogP contribution in [0.1, 0.15) is 31.7 Å². The van der Waals surface area contributed by atoms with Gasteiger partial charge in [0.05, 0.1) is 10.4 Å². The zero-order valence-electron chi connectivity index (χ0n) is 9.91. The van der Waals surface area contributed by atoms with Gasteiger partial charge < -0.3 is 10.6 Å². The van der Waals surface area contributed by atoms with E-state index in [0.29, 0.717) is 4.34 Å². The number of nitrogens with one attached hydrogen (secondary N) is 2. The Hall–Kier alpha value is -1.07. The monoisotopic (exact) mass is 274 g/mol. The van der Waals surface area contributed by atoms with Gasteiger partial charge in [0.25, 0.3) is 0 Å². The first kappa shape index (κ1) is 14.0. The van der Waals surface area contributed by atoms with Gasteiger partial charge in [-0.05, 0) is 26.0 Å². The Balaban J connectivity index is 2.53. The van der Waals surface area contributed by atoms with Gasteiger partial charge in [-0.3, -0.25) is 9.59 Å². The van der Waals surface area contributed by atoms with Crippen LogP contribution in [0, 0.1) is 0 Å². The maximum atomic E-state index is 11.7. The van der Waals surface area contributed by atoms with E-state index in [1.807, 2.05) is 13.0 Å². The third kappa shape index (κ3) is 4.36. The van der Waals surface area contributed by atoms with Crippen LogP contribution in [0.5, 0.6) is 0 Å². The molecule has 4 nitrogen and oxygen atoms in total. The molecule has 0 aromatic carbocycles. The molecule has 0 saturated heterocycles. The quantitative estimate of drug-likeness (QED) is 0.883. The topological polar surface area (TPSA) is 58.2 Å². The molecule has 0 unspecified atom stereocenters. The summed E-state index contributed by atoms with van der Waals surface area (Å²) in [4.78, 5) is 23.5. The van der Waals surface area contributed by atoms with Gasteiger partial charge in [-0.2, -0.15) is 0 Å². The Morgan fingerprint density at radius 1 is 1.29 bits per heavy atom. The Labute approximate surface area is 109 Å². The average Bonchev–Trinajstić information content (AvgIpc) is 2.63. The molecular weight excluding hydrogens is 260 g/mol. The van der Waals surface area contributed by atoms with E-state index in [2.05, 4.69) is 10.6 Å². The third-order valence-electron chi connectivity index (χ3n) is 2.19. The number of carbonyl (C=O) groups is 2. The van der Waals surface area contributed by atoms with E-state index >= 15 is 0 Å². The molecule has 2 N–H and O–H groups in total. The van der Waals surface area contributed by atoms with Crippen molar-refractivity contribution in [1.29, 1.82) is 0 Å². The van der Waals surface area contributed by atoms with E-state index < -0.39 is 6.04 Å². The summed E-state index contributed by atoms with van der Waals surface area (Å²) in [5.41, 5.74) is 0. The molecule has 94 valence electrons. The lowest BCUT2D eigenvalue weighted by molar-refractivity contribution is -0.128. The molecule has 1 aromatic rings. The summed E-state index contributed by atoms with van der Waals surface area (Å²) in [6.45, 7) is 4.90. The number of carbonyl (C=O) groups excluding carboxylic acids is 2. The van der Waals surface area contributed by atoms with Crippen LogP contribution in [0.4, 0.5) is 0 Å². The second-order valence-electron chi connectivity index (χ2n) is 3.79. The van der Waals surface area contributed by atoms with E-state index in [0.717, 1.165) is 4.88 Å². The van der Waals surface area contributed by atoms with Crippen molar-refractivity contribution in [3.05, 3.63) is 21.3 Å². The fraction of sp³-hybridized carbons (Fsp3) is 0.455. The first-order valence-electron chi connectivity index (χ1n) is 5.23. The van der Waals surface area contributed by atoms with E-state index in [1.54, 1.807) is 13.0 Å². The van der Waals surface area contributed by atoms with Crippen molar-refractivity contribution < 1.29 is 9.59 Å². The summed E-state index contributed by atoms with van der Waals surface area (Å²) in [6.07, 6.45) is 0. The van der Waals surface area contributed by atoms with Gasteiger partial charge in [-0.1, -0.05) is 11.6 Å². The van der Waals surface area contributed by atoms with Crippen LogP contribution < -0.4 is 10.6 Å². The third-order valence-corrected chi connectivity index (χ3v) is 3.61. The molecule has 2 amide bonds. The minimum Gasteiger partial charge on any atom is -0.347 e. The van der Waals surface area contributed by atoms with Gasteiger partial charge in [-0.25, -0.2) is 0 Å². The van der Waals surface area contributed by atoms with Gasteiger partial charge in [0.15, 0.2) is 0 Å². The Bertz CT molecular complexity index is 419. The van der Waals surface area contributed by atoms with Crippen molar-refractivity contribution in [1.82, 2.24) is 10.6 Å². The lowest BCUT2D eigenvalue weighted by Crippen LogP contribution is -2.44. The van der Waals surface area contributed by atoms with Crippen LogP contribution in [0.15, 0.2) is 12.1 Å². The van der Waals surface area contributed by atoms with E-state index in [9.17, 15) is 9.59 Å². The Morgan fingerprint density at radius 2 is 1.94 bits per heavy atom. The van der Waals surface area contributed by atoms with Crippen molar-refractivity contribution in [3.8, 4) is 0 Å². The SMILES string of the molecule is CC(=O)N[C@H](C)C(=O)N[C@@H](C)c1ccc(Cl)s1. The zero-order valence-corrected chi connectivity index (χ0v) is 11.5. The highest BCUT2D eigenvalue weighted by molar-refractivity contribution is 7.16. The van der Waals surface area contributed by atoms with E-state index in [-0.39, 0.29) is 17.9 Å². The first-order valence-corrected chi connectivity index (χ1v) is 6.42. The van der Waals surface area contributed by atoms with Gasteiger partial charge in [0, 0.05) is 11.8 Å².